The van der Waals surface area contributed by atoms with E-state index in [0.29, 0.717) is 22.7 Å². The van der Waals surface area contributed by atoms with Crippen LogP contribution in [0.25, 0.3) is 10.8 Å². The minimum absolute atomic E-state index is 0.261. The van der Waals surface area contributed by atoms with Crippen molar-refractivity contribution in [3.63, 3.8) is 0 Å². The van der Waals surface area contributed by atoms with Crippen LogP contribution in [0.5, 0.6) is 5.75 Å². The molecule has 0 spiro atoms. The standard InChI is InChI=1S/C24H19N5O5S/c1-15(30)25-20-11-12-21-16(13-20)14-22(35(32,33)34)23(24(21)31)29-28-19-9-7-18(8-10-19)27-26-17-5-3-2-4-6-17/h2-14,31H,1H3,(H,25,30)(H,32,33,34). The molecule has 0 aliphatic carbocycles. The van der Waals surface area contributed by atoms with Gasteiger partial charge in [-0.1, -0.05) is 18.2 Å². The Bertz CT molecular complexity index is 1570. The second kappa shape index (κ2) is 9.79. The molecule has 4 rings (SSSR count). The Morgan fingerprint density at radius 2 is 1.37 bits per heavy atom. The molecular formula is C24H19N5O5S. The number of carbonyl (C=O) groups excluding carboxylic acids is 1. The first kappa shape index (κ1) is 23.7. The molecule has 10 nitrogen and oxygen atoms in total. The molecule has 0 aliphatic rings. The molecule has 0 unspecified atom stereocenters. The highest BCUT2D eigenvalue weighted by atomic mass is 32.2. The van der Waals surface area contributed by atoms with Gasteiger partial charge in [-0.25, -0.2) is 0 Å². The lowest BCUT2D eigenvalue weighted by atomic mass is 10.1. The Morgan fingerprint density at radius 1 is 0.800 bits per heavy atom. The zero-order valence-electron chi connectivity index (χ0n) is 18.3. The number of rotatable bonds is 6. The van der Waals surface area contributed by atoms with Crippen molar-refractivity contribution in [1.82, 2.24) is 0 Å². The van der Waals surface area contributed by atoms with Crippen LogP contribution in [0.4, 0.5) is 28.4 Å². The average Bonchev–Trinajstić information content (AvgIpc) is 2.82. The fourth-order valence-electron chi connectivity index (χ4n) is 3.23. The van der Waals surface area contributed by atoms with Crippen LogP contribution in [0.2, 0.25) is 0 Å². The first-order valence-electron chi connectivity index (χ1n) is 10.2. The Labute approximate surface area is 200 Å². The van der Waals surface area contributed by atoms with Crippen LogP contribution < -0.4 is 5.32 Å². The molecule has 3 N–H and O–H groups in total. The number of nitrogens with one attached hydrogen (secondary N) is 1. The number of anilines is 1. The lowest BCUT2D eigenvalue weighted by Crippen LogP contribution is -2.05. The third-order valence-electron chi connectivity index (χ3n) is 4.80. The Kier molecular flexibility index (Phi) is 6.62. The molecule has 0 saturated carbocycles. The van der Waals surface area contributed by atoms with E-state index in [9.17, 15) is 22.9 Å². The second-order valence-electron chi connectivity index (χ2n) is 7.42. The summed E-state index contributed by atoms with van der Waals surface area (Å²) in [5.41, 5.74) is 1.59. The monoisotopic (exact) mass is 489 g/mol. The molecule has 4 aromatic rings. The van der Waals surface area contributed by atoms with E-state index in [-0.39, 0.29) is 16.7 Å². The average molecular weight is 490 g/mol. The van der Waals surface area contributed by atoms with Gasteiger partial charge in [0, 0.05) is 18.0 Å². The molecule has 0 bridgehead atoms. The highest BCUT2D eigenvalue weighted by Gasteiger charge is 2.22. The summed E-state index contributed by atoms with van der Waals surface area (Å²) in [6, 6.07) is 21.3. The molecule has 11 heteroatoms. The van der Waals surface area contributed by atoms with Crippen LogP contribution in [-0.2, 0) is 14.9 Å². The number of nitrogens with zero attached hydrogens (tertiary/aromatic N) is 4. The van der Waals surface area contributed by atoms with E-state index in [2.05, 4.69) is 25.8 Å². The molecule has 1 amide bonds. The van der Waals surface area contributed by atoms with Crippen molar-refractivity contribution in [3.8, 4) is 5.75 Å². The maximum absolute atomic E-state index is 12.0. The van der Waals surface area contributed by atoms with Crippen LogP contribution in [0.15, 0.2) is 104 Å². The molecule has 0 fully saturated rings. The van der Waals surface area contributed by atoms with Gasteiger partial charge in [0.25, 0.3) is 10.1 Å². The van der Waals surface area contributed by atoms with Crippen LogP contribution in [0, 0.1) is 0 Å². The third-order valence-corrected chi connectivity index (χ3v) is 5.67. The number of fused-ring (bicyclic) bond motifs is 1. The summed E-state index contributed by atoms with van der Waals surface area (Å²) >= 11 is 0. The van der Waals surface area contributed by atoms with E-state index >= 15 is 0 Å². The summed E-state index contributed by atoms with van der Waals surface area (Å²) in [6.45, 7) is 1.33. The number of azo groups is 2. The summed E-state index contributed by atoms with van der Waals surface area (Å²) in [5.74, 6) is -0.803. The predicted molar refractivity (Wildman–Crippen MR) is 131 cm³/mol. The minimum Gasteiger partial charge on any atom is -0.505 e. The van der Waals surface area contributed by atoms with Crippen molar-refractivity contribution in [2.24, 2.45) is 20.5 Å². The SMILES string of the molecule is CC(=O)Nc1ccc2c(O)c(N=Nc3ccc(N=Nc4ccccc4)cc3)c(S(=O)(=O)O)cc2c1. The number of phenols is 1. The van der Waals surface area contributed by atoms with Crippen molar-refractivity contribution in [3.05, 3.63) is 78.9 Å². The topological polar surface area (TPSA) is 153 Å². The predicted octanol–water partition coefficient (Wildman–Crippen LogP) is 6.58. The van der Waals surface area contributed by atoms with Gasteiger partial charge in [0.05, 0.1) is 17.1 Å². The van der Waals surface area contributed by atoms with Gasteiger partial charge in [0.2, 0.25) is 5.91 Å². The quantitative estimate of drug-likeness (QED) is 0.206. The molecule has 0 radical (unpaired) electrons. The van der Waals surface area contributed by atoms with Crippen molar-refractivity contribution < 1.29 is 22.9 Å². The number of hydrogen-bond donors (Lipinski definition) is 3. The van der Waals surface area contributed by atoms with E-state index in [1.807, 2.05) is 30.3 Å². The number of carbonyl (C=O) groups is 1. The van der Waals surface area contributed by atoms with Crippen LogP contribution in [-0.4, -0.2) is 24.0 Å². The molecular weight excluding hydrogens is 470 g/mol. The number of benzene rings is 4. The lowest BCUT2D eigenvalue weighted by Gasteiger charge is -2.10. The van der Waals surface area contributed by atoms with Crippen LogP contribution in [0.3, 0.4) is 0 Å². The number of phenolic OH excluding ortho intramolecular Hbond substituents is 1. The minimum atomic E-state index is -4.76. The van der Waals surface area contributed by atoms with Crippen molar-refractivity contribution >= 4 is 55.2 Å². The first-order valence-corrected chi connectivity index (χ1v) is 11.7. The number of amides is 1. The van der Waals surface area contributed by atoms with Crippen LogP contribution >= 0.6 is 0 Å². The molecule has 0 aromatic heterocycles. The third kappa shape index (κ3) is 5.72. The maximum Gasteiger partial charge on any atom is 0.296 e. The normalized spacial score (nSPS) is 11.9. The van der Waals surface area contributed by atoms with E-state index in [0.717, 1.165) is 6.07 Å². The van der Waals surface area contributed by atoms with Gasteiger partial charge >= 0.3 is 0 Å². The van der Waals surface area contributed by atoms with Gasteiger partial charge in [-0.05, 0) is 66.0 Å². The summed E-state index contributed by atoms with van der Waals surface area (Å²) in [5, 5.41) is 30.0. The Morgan fingerprint density at radius 3 is 1.94 bits per heavy atom. The first-order chi connectivity index (χ1) is 16.7. The van der Waals surface area contributed by atoms with Gasteiger partial charge in [-0.15, -0.1) is 5.11 Å². The highest BCUT2D eigenvalue weighted by Crippen LogP contribution is 2.42. The molecule has 0 heterocycles. The van der Waals surface area contributed by atoms with Gasteiger partial charge in [0.1, 0.15) is 10.6 Å². The lowest BCUT2D eigenvalue weighted by molar-refractivity contribution is -0.114. The van der Waals surface area contributed by atoms with E-state index in [4.69, 9.17) is 0 Å². The summed E-state index contributed by atoms with van der Waals surface area (Å²) in [6.07, 6.45) is 0. The highest BCUT2D eigenvalue weighted by molar-refractivity contribution is 7.86. The maximum atomic E-state index is 12.0. The molecule has 176 valence electrons. The molecule has 0 atom stereocenters. The zero-order chi connectivity index (χ0) is 25.0. The van der Waals surface area contributed by atoms with Crippen molar-refractivity contribution in [2.45, 2.75) is 11.8 Å². The van der Waals surface area contributed by atoms with E-state index in [1.54, 1.807) is 30.3 Å². The van der Waals surface area contributed by atoms with Gasteiger partial charge < -0.3 is 10.4 Å². The summed E-state index contributed by atoms with van der Waals surface area (Å²) in [4.78, 5) is 10.7. The Hall–Kier alpha value is -4.48. The summed E-state index contributed by atoms with van der Waals surface area (Å²) < 4.78 is 33.7. The van der Waals surface area contributed by atoms with Gasteiger partial charge in [0.15, 0.2) is 5.75 Å². The fraction of sp³-hybridized carbons (Fsp3) is 0.0417. The molecule has 0 aliphatic heterocycles. The van der Waals surface area contributed by atoms with Crippen molar-refractivity contribution in [2.75, 3.05) is 5.32 Å². The number of aromatic hydroxyl groups is 1. The largest absolute Gasteiger partial charge is 0.505 e. The molecule has 35 heavy (non-hydrogen) atoms. The van der Waals surface area contributed by atoms with E-state index in [1.165, 1.54) is 19.1 Å². The molecule has 0 saturated heterocycles. The van der Waals surface area contributed by atoms with E-state index < -0.39 is 26.5 Å². The fourth-order valence-corrected chi connectivity index (χ4v) is 3.89. The summed E-state index contributed by atoms with van der Waals surface area (Å²) in [7, 11) is -4.76. The smallest absolute Gasteiger partial charge is 0.296 e. The van der Waals surface area contributed by atoms with Crippen molar-refractivity contribution in [1.29, 1.82) is 0 Å². The Balaban J connectivity index is 1.67. The van der Waals surface area contributed by atoms with Gasteiger partial charge in [-0.2, -0.15) is 23.8 Å². The van der Waals surface area contributed by atoms with Crippen LogP contribution in [0.1, 0.15) is 6.92 Å². The molecule has 4 aromatic carbocycles. The van der Waals surface area contributed by atoms with Gasteiger partial charge in [-0.3, -0.25) is 9.35 Å². The zero-order valence-corrected chi connectivity index (χ0v) is 19.1. The second-order valence-corrected chi connectivity index (χ2v) is 8.81. The number of hydrogen-bond acceptors (Lipinski definition) is 8.